The highest BCUT2D eigenvalue weighted by Crippen LogP contribution is 2.37. The van der Waals surface area contributed by atoms with E-state index >= 15 is 0 Å². The van der Waals surface area contributed by atoms with E-state index in [1.165, 1.54) is 32.1 Å². The summed E-state index contributed by atoms with van der Waals surface area (Å²) in [5, 5.41) is 11.5. The Balaban J connectivity index is 1.83. The van der Waals surface area contributed by atoms with Crippen LogP contribution < -0.4 is 4.90 Å². The third-order valence-electron chi connectivity index (χ3n) is 5.03. The number of anilines is 1. The number of para-hydroxylation sites is 1. The molecule has 0 fully saturated rings. The Labute approximate surface area is 156 Å². The van der Waals surface area contributed by atoms with Crippen LogP contribution in [0.3, 0.4) is 0 Å². The number of amides is 1. The second kappa shape index (κ2) is 8.86. The van der Waals surface area contributed by atoms with Gasteiger partial charge in [-0.1, -0.05) is 81.5 Å². The van der Waals surface area contributed by atoms with Crippen LogP contribution in [0.4, 0.5) is 5.69 Å². The number of carbonyl (C=O) groups excluding carboxylic acids is 1. The number of carbonyl (C=O) groups is 1. The predicted molar refractivity (Wildman–Crippen MR) is 104 cm³/mol. The lowest BCUT2D eigenvalue weighted by molar-refractivity contribution is -0.0937. The maximum absolute atomic E-state index is 12.6. The Morgan fingerprint density at radius 1 is 0.885 bits per heavy atom. The first kappa shape index (κ1) is 18.5. The zero-order valence-electron chi connectivity index (χ0n) is 15.5. The summed E-state index contributed by atoms with van der Waals surface area (Å²) in [6, 6.07) is 17.3. The highest BCUT2D eigenvalue weighted by atomic mass is 16.5. The molecule has 2 aromatic carbocycles. The Morgan fingerprint density at radius 3 is 2.31 bits per heavy atom. The van der Waals surface area contributed by atoms with Crippen molar-refractivity contribution in [2.24, 2.45) is 0 Å². The molecule has 4 heteroatoms. The number of fused-ring (bicyclic) bond motifs is 1. The fourth-order valence-electron chi connectivity index (χ4n) is 3.65. The Kier molecular flexibility index (Phi) is 6.29. The van der Waals surface area contributed by atoms with Gasteiger partial charge in [-0.25, -0.2) is 0 Å². The summed E-state index contributed by atoms with van der Waals surface area (Å²) in [4.78, 5) is 14.8. The van der Waals surface area contributed by atoms with Crippen LogP contribution in [0.2, 0.25) is 0 Å². The number of benzene rings is 2. The molecule has 0 saturated carbocycles. The fraction of sp³-hybridized carbons (Fsp3) is 0.409. The third-order valence-corrected chi connectivity index (χ3v) is 5.03. The monoisotopic (exact) mass is 352 g/mol. The summed E-state index contributed by atoms with van der Waals surface area (Å²) >= 11 is 0. The molecule has 0 aliphatic carbocycles. The highest BCUT2D eigenvalue weighted by molar-refractivity contribution is 6.01. The van der Waals surface area contributed by atoms with Crippen LogP contribution in [0.5, 0.6) is 0 Å². The van der Waals surface area contributed by atoms with Crippen LogP contribution in [0.25, 0.3) is 0 Å². The van der Waals surface area contributed by atoms with Crippen LogP contribution >= 0.6 is 0 Å². The van der Waals surface area contributed by atoms with Gasteiger partial charge in [-0.3, -0.25) is 10.0 Å². The molecule has 0 saturated heterocycles. The van der Waals surface area contributed by atoms with Crippen molar-refractivity contribution in [2.75, 3.05) is 11.4 Å². The van der Waals surface area contributed by atoms with E-state index in [2.05, 4.69) is 11.8 Å². The largest absolute Gasteiger partial charge is 0.345 e. The van der Waals surface area contributed by atoms with Crippen molar-refractivity contribution in [3.8, 4) is 0 Å². The first-order valence-electron chi connectivity index (χ1n) is 9.67. The van der Waals surface area contributed by atoms with Gasteiger partial charge in [0.15, 0.2) is 6.17 Å². The molecular weight excluding hydrogens is 324 g/mol. The van der Waals surface area contributed by atoms with E-state index < -0.39 is 6.17 Å². The van der Waals surface area contributed by atoms with Gasteiger partial charge in [0, 0.05) is 6.54 Å². The third kappa shape index (κ3) is 3.91. The second-order valence-electron chi connectivity index (χ2n) is 6.91. The normalized spacial score (nSPS) is 16.7. The fourth-order valence-corrected chi connectivity index (χ4v) is 3.65. The Morgan fingerprint density at radius 2 is 1.54 bits per heavy atom. The van der Waals surface area contributed by atoms with E-state index in [0.717, 1.165) is 29.3 Å². The van der Waals surface area contributed by atoms with Crippen molar-refractivity contribution in [1.29, 1.82) is 0 Å². The Bertz CT molecular complexity index is 717. The molecule has 0 spiro atoms. The molecule has 138 valence electrons. The van der Waals surface area contributed by atoms with Gasteiger partial charge in [0.05, 0.1) is 11.3 Å². The summed E-state index contributed by atoms with van der Waals surface area (Å²) in [6.45, 7) is 3.04. The first-order chi connectivity index (χ1) is 12.7. The predicted octanol–water partition coefficient (Wildman–Crippen LogP) is 5.40. The molecule has 3 rings (SSSR count). The highest BCUT2D eigenvalue weighted by Gasteiger charge is 2.37. The molecule has 1 N–H and O–H groups in total. The molecule has 0 aromatic heterocycles. The lowest BCUT2D eigenvalue weighted by Gasteiger charge is -2.42. The van der Waals surface area contributed by atoms with Crippen molar-refractivity contribution in [3.63, 3.8) is 0 Å². The van der Waals surface area contributed by atoms with Crippen LogP contribution in [0.1, 0.15) is 67.5 Å². The number of hydrogen-bond donors (Lipinski definition) is 1. The molecule has 2 aromatic rings. The molecule has 0 bridgehead atoms. The summed E-state index contributed by atoms with van der Waals surface area (Å²) in [5.41, 5.74) is 2.39. The van der Waals surface area contributed by atoms with Gasteiger partial charge >= 0.3 is 0 Å². The minimum atomic E-state index is -0.478. The molecule has 1 heterocycles. The lowest BCUT2D eigenvalue weighted by Crippen LogP contribution is -2.48. The topological polar surface area (TPSA) is 43.8 Å². The van der Waals surface area contributed by atoms with Crippen molar-refractivity contribution < 1.29 is 10.0 Å². The minimum Gasteiger partial charge on any atom is -0.345 e. The quantitative estimate of drug-likeness (QED) is 0.511. The van der Waals surface area contributed by atoms with Gasteiger partial charge in [0.25, 0.3) is 5.91 Å². The standard InChI is InChI=1S/C22H28N2O2/c1-2-3-4-5-6-12-17-23-20-16-11-10-15-19(20)22(25)24(26)21(23)18-13-8-7-9-14-18/h7-11,13-16,21,26H,2-6,12,17H2,1H3. The first-order valence-corrected chi connectivity index (χ1v) is 9.67. The van der Waals surface area contributed by atoms with Gasteiger partial charge in [-0.15, -0.1) is 0 Å². The molecule has 0 radical (unpaired) electrons. The number of hydroxylamine groups is 2. The number of nitrogens with zero attached hydrogens (tertiary/aromatic N) is 2. The van der Waals surface area contributed by atoms with Gasteiger partial charge in [0.2, 0.25) is 0 Å². The lowest BCUT2D eigenvalue weighted by atomic mass is 10.0. The zero-order valence-corrected chi connectivity index (χ0v) is 15.5. The SMILES string of the molecule is CCCCCCCCN1c2ccccc2C(=O)N(O)C1c1ccccc1. The van der Waals surface area contributed by atoms with E-state index in [-0.39, 0.29) is 5.91 Å². The van der Waals surface area contributed by atoms with E-state index in [1.807, 2.05) is 48.5 Å². The van der Waals surface area contributed by atoms with Crippen LogP contribution in [-0.2, 0) is 0 Å². The van der Waals surface area contributed by atoms with Crippen LogP contribution in [-0.4, -0.2) is 22.7 Å². The summed E-state index contributed by atoms with van der Waals surface area (Å²) in [7, 11) is 0. The zero-order chi connectivity index (χ0) is 18.4. The minimum absolute atomic E-state index is 0.339. The van der Waals surface area contributed by atoms with Gasteiger partial charge < -0.3 is 4.90 Å². The van der Waals surface area contributed by atoms with Crippen LogP contribution in [0.15, 0.2) is 54.6 Å². The van der Waals surface area contributed by atoms with Crippen molar-refractivity contribution in [2.45, 2.75) is 51.6 Å². The van der Waals surface area contributed by atoms with E-state index in [0.29, 0.717) is 5.56 Å². The second-order valence-corrected chi connectivity index (χ2v) is 6.91. The molecular formula is C22H28N2O2. The number of unbranched alkanes of at least 4 members (excludes halogenated alkanes) is 5. The van der Waals surface area contributed by atoms with Crippen molar-refractivity contribution >= 4 is 11.6 Å². The molecule has 1 aliphatic heterocycles. The summed E-state index contributed by atoms with van der Waals surface area (Å²) < 4.78 is 0. The maximum Gasteiger partial charge on any atom is 0.281 e. The van der Waals surface area contributed by atoms with E-state index in [9.17, 15) is 10.0 Å². The smallest absolute Gasteiger partial charge is 0.281 e. The van der Waals surface area contributed by atoms with Crippen molar-refractivity contribution in [1.82, 2.24) is 5.06 Å². The number of rotatable bonds is 8. The summed E-state index contributed by atoms with van der Waals surface area (Å²) in [5.74, 6) is -0.339. The summed E-state index contributed by atoms with van der Waals surface area (Å²) in [6.07, 6.45) is 6.79. The molecule has 1 atom stereocenters. The molecule has 4 nitrogen and oxygen atoms in total. The Hall–Kier alpha value is -2.33. The average molecular weight is 352 g/mol. The maximum atomic E-state index is 12.6. The molecule has 1 aliphatic rings. The molecule has 1 amide bonds. The van der Waals surface area contributed by atoms with E-state index in [1.54, 1.807) is 6.07 Å². The molecule has 26 heavy (non-hydrogen) atoms. The van der Waals surface area contributed by atoms with E-state index in [4.69, 9.17) is 0 Å². The van der Waals surface area contributed by atoms with Crippen LogP contribution in [0, 0.1) is 0 Å². The van der Waals surface area contributed by atoms with Gasteiger partial charge in [-0.05, 0) is 24.1 Å². The number of hydrogen-bond acceptors (Lipinski definition) is 3. The van der Waals surface area contributed by atoms with Gasteiger partial charge in [-0.2, -0.15) is 5.06 Å². The average Bonchev–Trinajstić information content (AvgIpc) is 2.69. The van der Waals surface area contributed by atoms with Crippen molar-refractivity contribution in [3.05, 3.63) is 65.7 Å². The molecule has 1 unspecified atom stereocenters. The van der Waals surface area contributed by atoms with Gasteiger partial charge in [0.1, 0.15) is 0 Å².